The van der Waals surface area contributed by atoms with Gasteiger partial charge in [0.1, 0.15) is 5.82 Å². The van der Waals surface area contributed by atoms with Crippen molar-refractivity contribution in [2.45, 2.75) is 20.8 Å². The van der Waals surface area contributed by atoms with Gasteiger partial charge in [-0.2, -0.15) is 4.98 Å². The average molecular weight is 417 g/mol. The lowest BCUT2D eigenvalue weighted by Crippen LogP contribution is -2.50. The van der Waals surface area contributed by atoms with Gasteiger partial charge in [-0.05, 0) is 50.6 Å². The number of piperazine rings is 1. The molecule has 7 heteroatoms. The van der Waals surface area contributed by atoms with Crippen molar-refractivity contribution in [1.29, 1.82) is 0 Å². The smallest absolute Gasteiger partial charge is 0.321 e. The molecule has 0 unspecified atom stereocenters. The number of urea groups is 1. The van der Waals surface area contributed by atoms with Gasteiger partial charge in [0.05, 0.1) is 0 Å². The van der Waals surface area contributed by atoms with Crippen LogP contribution in [0.1, 0.15) is 16.8 Å². The van der Waals surface area contributed by atoms with Gasteiger partial charge in [-0.3, -0.25) is 0 Å². The number of anilines is 4. The van der Waals surface area contributed by atoms with Crippen LogP contribution >= 0.6 is 0 Å². The zero-order chi connectivity index (χ0) is 21.8. The number of aryl methyl sites for hydroxylation is 3. The van der Waals surface area contributed by atoms with E-state index >= 15 is 0 Å². The topological polar surface area (TPSA) is 73.4 Å². The van der Waals surface area contributed by atoms with Gasteiger partial charge < -0.3 is 20.4 Å². The largest absolute Gasteiger partial charge is 0.353 e. The molecule has 0 radical (unpaired) electrons. The molecule has 2 heterocycles. The van der Waals surface area contributed by atoms with Crippen LogP contribution in [0.2, 0.25) is 0 Å². The van der Waals surface area contributed by atoms with Gasteiger partial charge in [0.2, 0.25) is 5.95 Å². The molecule has 4 rings (SSSR count). The molecule has 1 aliphatic heterocycles. The first-order chi connectivity index (χ1) is 15.0. The number of amides is 2. The molecule has 1 aromatic heterocycles. The number of hydrogen-bond donors (Lipinski definition) is 2. The molecule has 0 saturated carbocycles. The van der Waals surface area contributed by atoms with Gasteiger partial charge in [0.15, 0.2) is 0 Å². The Morgan fingerprint density at radius 3 is 2.29 bits per heavy atom. The minimum atomic E-state index is -0.0640. The monoisotopic (exact) mass is 416 g/mol. The molecule has 1 aliphatic rings. The summed E-state index contributed by atoms with van der Waals surface area (Å²) < 4.78 is 0. The van der Waals surface area contributed by atoms with E-state index < -0.39 is 0 Å². The molecule has 160 valence electrons. The minimum Gasteiger partial charge on any atom is -0.353 e. The summed E-state index contributed by atoms with van der Waals surface area (Å²) in [6.45, 7) is 8.77. The molecule has 0 spiro atoms. The van der Waals surface area contributed by atoms with Gasteiger partial charge in [-0.15, -0.1) is 0 Å². The number of nitrogens with one attached hydrogen (secondary N) is 2. The highest BCUT2D eigenvalue weighted by molar-refractivity contribution is 5.89. The number of nitrogens with zero attached hydrogens (tertiary/aromatic N) is 4. The average Bonchev–Trinajstić information content (AvgIpc) is 2.75. The van der Waals surface area contributed by atoms with Crippen molar-refractivity contribution in [2.75, 3.05) is 41.7 Å². The Kier molecular flexibility index (Phi) is 6.02. The number of benzene rings is 2. The van der Waals surface area contributed by atoms with E-state index in [0.29, 0.717) is 19.0 Å². The maximum absolute atomic E-state index is 12.6. The zero-order valence-corrected chi connectivity index (χ0v) is 18.2. The van der Waals surface area contributed by atoms with E-state index in [0.717, 1.165) is 41.5 Å². The third kappa shape index (κ3) is 5.31. The van der Waals surface area contributed by atoms with Crippen molar-refractivity contribution in [2.24, 2.45) is 0 Å². The Morgan fingerprint density at radius 2 is 1.58 bits per heavy atom. The Hall–Kier alpha value is -3.61. The Balaban J connectivity index is 1.38. The first-order valence-electron chi connectivity index (χ1n) is 10.5. The third-order valence-electron chi connectivity index (χ3n) is 5.31. The van der Waals surface area contributed by atoms with Crippen LogP contribution in [0.5, 0.6) is 0 Å². The molecule has 2 N–H and O–H groups in total. The maximum atomic E-state index is 12.6. The predicted octanol–water partition coefficient (Wildman–Crippen LogP) is 4.50. The second kappa shape index (κ2) is 9.04. The Morgan fingerprint density at radius 1 is 0.839 bits per heavy atom. The highest BCUT2D eigenvalue weighted by Gasteiger charge is 2.22. The van der Waals surface area contributed by atoms with Gasteiger partial charge in [-0.1, -0.05) is 29.8 Å². The summed E-state index contributed by atoms with van der Waals surface area (Å²) in [6, 6.07) is 17.9. The molecule has 2 aromatic carbocycles. The fraction of sp³-hybridized carbons (Fsp3) is 0.292. The lowest BCUT2D eigenvalue weighted by atomic mass is 10.2. The van der Waals surface area contributed by atoms with Crippen LogP contribution in [0, 0.1) is 20.8 Å². The molecule has 3 aromatic rings. The first kappa shape index (κ1) is 20.7. The summed E-state index contributed by atoms with van der Waals surface area (Å²) in [6.07, 6.45) is 0. The molecule has 1 fully saturated rings. The van der Waals surface area contributed by atoms with E-state index in [1.54, 1.807) is 0 Å². The molecule has 2 amide bonds. The summed E-state index contributed by atoms with van der Waals surface area (Å²) in [5, 5.41) is 6.28. The van der Waals surface area contributed by atoms with Crippen LogP contribution in [-0.4, -0.2) is 47.1 Å². The third-order valence-corrected chi connectivity index (χ3v) is 5.31. The van der Waals surface area contributed by atoms with E-state index in [9.17, 15) is 4.79 Å². The fourth-order valence-electron chi connectivity index (χ4n) is 3.60. The number of rotatable bonds is 4. The van der Waals surface area contributed by atoms with E-state index in [-0.39, 0.29) is 6.03 Å². The highest BCUT2D eigenvalue weighted by Crippen LogP contribution is 2.20. The highest BCUT2D eigenvalue weighted by atomic mass is 16.2. The summed E-state index contributed by atoms with van der Waals surface area (Å²) in [4.78, 5) is 25.9. The van der Waals surface area contributed by atoms with Crippen molar-refractivity contribution < 1.29 is 4.79 Å². The first-order valence-corrected chi connectivity index (χ1v) is 10.5. The van der Waals surface area contributed by atoms with Gasteiger partial charge in [0.25, 0.3) is 0 Å². The van der Waals surface area contributed by atoms with Crippen molar-refractivity contribution in [1.82, 2.24) is 14.9 Å². The quantitative estimate of drug-likeness (QED) is 0.655. The van der Waals surface area contributed by atoms with E-state index in [1.165, 1.54) is 5.56 Å². The fourth-order valence-corrected chi connectivity index (χ4v) is 3.60. The van der Waals surface area contributed by atoms with Gasteiger partial charge in [-0.25, -0.2) is 9.78 Å². The number of carbonyl (C=O) groups excluding carboxylic acids is 1. The van der Waals surface area contributed by atoms with Crippen LogP contribution in [0.15, 0.2) is 54.6 Å². The number of carbonyl (C=O) groups is 1. The van der Waals surface area contributed by atoms with E-state index in [1.807, 2.05) is 61.2 Å². The summed E-state index contributed by atoms with van der Waals surface area (Å²) in [7, 11) is 0. The van der Waals surface area contributed by atoms with Crippen molar-refractivity contribution >= 4 is 29.2 Å². The zero-order valence-electron chi connectivity index (χ0n) is 18.2. The SMILES string of the molecule is Cc1ccc(Nc2nc(C)cc(N3CCN(C(=O)Nc4cccc(C)c4)CC3)n2)cc1. The summed E-state index contributed by atoms with van der Waals surface area (Å²) >= 11 is 0. The lowest BCUT2D eigenvalue weighted by Gasteiger charge is -2.35. The van der Waals surface area contributed by atoms with E-state index in [4.69, 9.17) is 4.98 Å². The second-order valence-electron chi connectivity index (χ2n) is 7.96. The van der Waals surface area contributed by atoms with Crippen molar-refractivity contribution in [3.05, 3.63) is 71.4 Å². The molecule has 0 atom stereocenters. The van der Waals surface area contributed by atoms with Crippen LogP contribution in [0.3, 0.4) is 0 Å². The second-order valence-corrected chi connectivity index (χ2v) is 7.96. The molecule has 31 heavy (non-hydrogen) atoms. The predicted molar refractivity (Wildman–Crippen MR) is 125 cm³/mol. The lowest BCUT2D eigenvalue weighted by molar-refractivity contribution is 0.208. The number of hydrogen-bond acceptors (Lipinski definition) is 5. The molecule has 0 bridgehead atoms. The van der Waals surface area contributed by atoms with Crippen molar-refractivity contribution in [3.63, 3.8) is 0 Å². The molecule has 0 aliphatic carbocycles. The van der Waals surface area contributed by atoms with Crippen LogP contribution in [0.4, 0.5) is 27.9 Å². The van der Waals surface area contributed by atoms with Crippen LogP contribution in [-0.2, 0) is 0 Å². The molecule has 1 saturated heterocycles. The Bertz CT molecular complexity index is 1060. The normalized spacial score (nSPS) is 13.8. The minimum absolute atomic E-state index is 0.0640. The van der Waals surface area contributed by atoms with Gasteiger partial charge >= 0.3 is 6.03 Å². The van der Waals surface area contributed by atoms with Crippen LogP contribution in [0.25, 0.3) is 0 Å². The summed E-state index contributed by atoms with van der Waals surface area (Å²) in [5.41, 5.74) is 5.02. The van der Waals surface area contributed by atoms with Gasteiger partial charge in [0, 0.05) is 49.3 Å². The molecule has 7 nitrogen and oxygen atoms in total. The maximum Gasteiger partial charge on any atom is 0.321 e. The Labute approximate surface area is 183 Å². The molecular weight excluding hydrogens is 388 g/mol. The number of aromatic nitrogens is 2. The van der Waals surface area contributed by atoms with E-state index in [2.05, 4.69) is 39.6 Å². The molecular formula is C24H28N6O. The van der Waals surface area contributed by atoms with Crippen molar-refractivity contribution in [3.8, 4) is 0 Å². The standard InChI is InChI=1S/C24H28N6O/c1-17-7-9-20(10-8-17)26-23-25-19(3)16-22(28-23)29-11-13-30(14-12-29)24(31)27-21-6-4-5-18(2)15-21/h4-10,15-16H,11-14H2,1-3H3,(H,27,31)(H,25,26,28). The summed E-state index contributed by atoms with van der Waals surface area (Å²) in [5.74, 6) is 1.46. The van der Waals surface area contributed by atoms with Crippen LogP contribution < -0.4 is 15.5 Å².